The minimum atomic E-state index is -0.0785. The zero-order valence-corrected chi connectivity index (χ0v) is 12.8. The van der Waals surface area contributed by atoms with E-state index < -0.39 is 0 Å². The molecule has 108 valence electrons. The molecule has 1 atom stereocenters. The third kappa shape index (κ3) is 3.10. The molecule has 0 aromatic carbocycles. The Labute approximate surface area is 122 Å². The molecule has 6 nitrogen and oxygen atoms in total. The molecule has 0 amide bonds. The maximum absolute atomic E-state index is 5.32. The van der Waals surface area contributed by atoms with E-state index in [2.05, 4.69) is 38.7 Å². The summed E-state index contributed by atoms with van der Waals surface area (Å²) in [6, 6.07) is -0.0785. The number of nitrogens with one attached hydrogen (secondary N) is 1. The minimum absolute atomic E-state index is 0.0785. The topological polar surface area (TPSA) is 72.8 Å². The number of hydrogen-bond donors (Lipinski definition) is 1. The fourth-order valence-corrected chi connectivity index (χ4v) is 2.83. The Balaban J connectivity index is 2.42. The monoisotopic (exact) mass is 293 g/mol. The second-order valence-electron chi connectivity index (χ2n) is 4.28. The molecular weight excluding hydrogens is 274 g/mol. The van der Waals surface area contributed by atoms with Crippen LogP contribution in [0.4, 0.5) is 0 Å². The van der Waals surface area contributed by atoms with Gasteiger partial charge in [-0.2, -0.15) is 0 Å². The first-order valence-electron chi connectivity index (χ1n) is 6.71. The summed E-state index contributed by atoms with van der Waals surface area (Å²) in [4.78, 5) is 9.74. The van der Waals surface area contributed by atoms with Gasteiger partial charge in [0.1, 0.15) is 5.69 Å². The van der Waals surface area contributed by atoms with Gasteiger partial charge in [-0.3, -0.25) is 4.98 Å². The van der Waals surface area contributed by atoms with Crippen molar-refractivity contribution in [3.63, 3.8) is 0 Å². The van der Waals surface area contributed by atoms with E-state index in [9.17, 15) is 0 Å². The molecule has 0 aliphatic heterocycles. The summed E-state index contributed by atoms with van der Waals surface area (Å²) in [5.74, 6) is 0.536. The maximum Gasteiger partial charge on any atom is 0.237 e. The van der Waals surface area contributed by atoms with Crippen molar-refractivity contribution in [1.29, 1.82) is 0 Å². The van der Waals surface area contributed by atoms with Gasteiger partial charge >= 0.3 is 0 Å². The Bertz CT molecular complexity index is 545. The maximum atomic E-state index is 5.32. The Hall–Kier alpha value is -1.60. The van der Waals surface area contributed by atoms with E-state index in [1.807, 2.05) is 0 Å². The molecule has 2 heterocycles. The van der Waals surface area contributed by atoms with E-state index >= 15 is 0 Å². The number of hydrogen-bond acceptors (Lipinski definition) is 7. The van der Waals surface area contributed by atoms with Crippen LogP contribution in [0.2, 0.25) is 0 Å². The van der Waals surface area contributed by atoms with Crippen molar-refractivity contribution in [2.75, 3.05) is 13.7 Å². The van der Waals surface area contributed by atoms with Gasteiger partial charge < -0.3 is 10.1 Å². The molecule has 1 N–H and O–H groups in total. The van der Waals surface area contributed by atoms with Gasteiger partial charge in [0, 0.05) is 12.4 Å². The summed E-state index contributed by atoms with van der Waals surface area (Å²) in [7, 11) is 1.61. The van der Waals surface area contributed by atoms with E-state index in [1.54, 1.807) is 19.5 Å². The fourth-order valence-electron chi connectivity index (χ4n) is 2.05. The molecule has 0 saturated heterocycles. The van der Waals surface area contributed by atoms with Gasteiger partial charge in [0.25, 0.3) is 0 Å². The van der Waals surface area contributed by atoms with Crippen LogP contribution in [0.3, 0.4) is 0 Å². The van der Waals surface area contributed by atoms with Crippen LogP contribution in [0.15, 0.2) is 12.4 Å². The van der Waals surface area contributed by atoms with Crippen molar-refractivity contribution in [2.45, 2.75) is 32.7 Å². The Morgan fingerprint density at radius 3 is 2.80 bits per heavy atom. The lowest BCUT2D eigenvalue weighted by Crippen LogP contribution is -2.24. The van der Waals surface area contributed by atoms with Crippen molar-refractivity contribution in [1.82, 2.24) is 24.9 Å². The first-order chi connectivity index (χ1) is 9.81. The molecule has 0 fully saturated rings. The highest BCUT2D eigenvalue weighted by Gasteiger charge is 2.24. The van der Waals surface area contributed by atoms with Crippen LogP contribution >= 0.6 is 11.5 Å². The van der Waals surface area contributed by atoms with Gasteiger partial charge in [-0.1, -0.05) is 24.8 Å². The second-order valence-corrected chi connectivity index (χ2v) is 5.06. The standard InChI is InChI=1S/C13H19N5OS/c1-4-6-9-12(20-18-17-9)10(14-5-2)11-13(19-3)16-8-7-15-11/h7-8,10,14H,4-6H2,1-3H3. The number of methoxy groups -OCH3 is 1. The van der Waals surface area contributed by atoms with E-state index in [1.165, 1.54) is 11.5 Å². The number of ether oxygens (including phenoxy) is 1. The molecule has 0 radical (unpaired) electrons. The summed E-state index contributed by atoms with van der Waals surface area (Å²) < 4.78 is 9.41. The number of aromatic nitrogens is 4. The van der Waals surface area contributed by atoms with Crippen LogP contribution in [0, 0.1) is 0 Å². The Morgan fingerprint density at radius 1 is 1.30 bits per heavy atom. The molecule has 0 saturated carbocycles. The Kier molecular flexibility index (Phi) is 5.37. The lowest BCUT2D eigenvalue weighted by atomic mass is 10.1. The number of rotatable bonds is 7. The molecule has 0 spiro atoms. The fraction of sp³-hybridized carbons (Fsp3) is 0.538. The summed E-state index contributed by atoms with van der Waals surface area (Å²) in [5, 5.41) is 7.65. The highest BCUT2D eigenvalue weighted by Crippen LogP contribution is 2.30. The number of nitrogens with zero attached hydrogens (tertiary/aromatic N) is 4. The first-order valence-corrected chi connectivity index (χ1v) is 7.48. The van der Waals surface area contributed by atoms with Gasteiger partial charge in [0.15, 0.2) is 0 Å². The highest BCUT2D eigenvalue weighted by atomic mass is 32.1. The molecule has 1 unspecified atom stereocenters. The summed E-state index contributed by atoms with van der Waals surface area (Å²) in [6.45, 7) is 5.01. The van der Waals surface area contributed by atoms with Crippen molar-refractivity contribution in [3.8, 4) is 5.88 Å². The molecule has 0 aliphatic carbocycles. The first kappa shape index (κ1) is 14.8. The largest absolute Gasteiger partial charge is 0.480 e. The van der Waals surface area contributed by atoms with Crippen LogP contribution in [0.5, 0.6) is 5.88 Å². The molecule has 2 rings (SSSR count). The van der Waals surface area contributed by atoms with Gasteiger partial charge in [-0.25, -0.2) is 4.98 Å². The lowest BCUT2D eigenvalue weighted by Gasteiger charge is -2.18. The van der Waals surface area contributed by atoms with Crippen LogP contribution in [0.25, 0.3) is 0 Å². The van der Waals surface area contributed by atoms with Crippen molar-refractivity contribution < 1.29 is 4.74 Å². The average Bonchev–Trinajstić information content (AvgIpc) is 2.93. The molecule has 0 aliphatic rings. The molecular formula is C13H19N5OS. The molecule has 2 aromatic rings. The molecule has 7 heteroatoms. The normalized spacial score (nSPS) is 12.3. The van der Waals surface area contributed by atoms with E-state index in [0.29, 0.717) is 5.88 Å². The van der Waals surface area contributed by atoms with Gasteiger partial charge in [-0.15, -0.1) is 5.10 Å². The zero-order chi connectivity index (χ0) is 14.4. The van der Waals surface area contributed by atoms with E-state index in [4.69, 9.17) is 4.74 Å². The second kappa shape index (κ2) is 7.25. The third-order valence-electron chi connectivity index (χ3n) is 2.90. The van der Waals surface area contributed by atoms with Crippen LogP contribution in [-0.2, 0) is 6.42 Å². The van der Waals surface area contributed by atoms with E-state index in [0.717, 1.165) is 35.7 Å². The molecule has 0 bridgehead atoms. The SMILES string of the molecule is CCCc1nnsc1C(NCC)c1nccnc1OC. The van der Waals surface area contributed by atoms with Crippen molar-refractivity contribution >= 4 is 11.5 Å². The predicted octanol–water partition coefficient (Wildman–Crippen LogP) is 1.99. The van der Waals surface area contributed by atoms with Crippen molar-refractivity contribution in [2.24, 2.45) is 0 Å². The van der Waals surface area contributed by atoms with Crippen LogP contribution in [-0.4, -0.2) is 33.2 Å². The summed E-state index contributed by atoms with van der Waals surface area (Å²) >= 11 is 1.40. The quantitative estimate of drug-likeness (QED) is 0.841. The summed E-state index contributed by atoms with van der Waals surface area (Å²) in [6.07, 6.45) is 5.25. The van der Waals surface area contributed by atoms with Gasteiger partial charge in [0.05, 0.1) is 23.7 Å². The average molecular weight is 293 g/mol. The predicted molar refractivity (Wildman–Crippen MR) is 78.0 cm³/mol. The Morgan fingerprint density at radius 2 is 2.10 bits per heavy atom. The number of aryl methyl sites for hydroxylation is 1. The van der Waals surface area contributed by atoms with Crippen LogP contribution < -0.4 is 10.1 Å². The van der Waals surface area contributed by atoms with Crippen LogP contribution in [0.1, 0.15) is 42.6 Å². The smallest absolute Gasteiger partial charge is 0.237 e. The minimum Gasteiger partial charge on any atom is -0.480 e. The van der Waals surface area contributed by atoms with Crippen molar-refractivity contribution in [3.05, 3.63) is 28.7 Å². The molecule has 2 aromatic heterocycles. The highest BCUT2D eigenvalue weighted by molar-refractivity contribution is 7.05. The lowest BCUT2D eigenvalue weighted by molar-refractivity contribution is 0.383. The zero-order valence-electron chi connectivity index (χ0n) is 12.0. The molecule has 20 heavy (non-hydrogen) atoms. The third-order valence-corrected chi connectivity index (χ3v) is 3.73. The van der Waals surface area contributed by atoms with Gasteiger partial charge in [-0.05, 0) is 24.5 Å². The van der Waals surface area contributed by atoms with Gasteiger partial charge in [0.2, 0.25) is 5.88 Å². The van der Waals surface area contributed by atoms with E-state index in [-0.39, 0.29) is 6.04 Å². The summed E-state index contributed by atoms with van der Waals surface area (Å²) in [5.41, 5.74) is 1.80.